The quantitative estimate of drug-likeness (QED) is 0.876. The van der Waals surface area contributed by atoms with E-state index in [1.165, 1.54) is 18.0 Å². The molecule has 0 aromatic heterocycles. The number of nitrogen functional groups attached to an aromatic ring is 1. The van der Waals surface area contributed by atoms with Gasteiger partial charge in [-0.3, -0.25) is 4.79 Å². The number of hydrogen-bond donors (Lipinski definition) is 1. The molecular weight excluding hydrogens is 262 g/mol. The van der Waals surface area contributed by atoms with Gasteiger partial charge in [-0.2, -0.15) is 0 Å². The number of nitrogens with zero attached hydrogens (tertiary/aromatic N) is 1. The van der Waals surface area contributed by atoms with Gasteiger partial charge in [-0.05, 0) is 23.8 Å². The number of anilines is 1. The van der Waals surface area contributed by atoms with Crippen LogP contribution in [0, 0.1) is 11.6 Å². The Balaban J connectivity index is 2.24. The summed E-state index contributed by atoms with van der Waals surface area (Å²) in [5, 5.41) is 0. The van der Waals surface area contributed by atoms with E-state index in [1.54, 1.807) is 24.3 Å². The molecule has 0 aliphatic carbocycles. The summed E-state index contributed by atoms with van der Waals surface area (Å²) in [6.45, 7) is 0.180. The van der Waals surface area contributed by atoms with E-state index in [-0.39, 0.29) is 6.54 Å². The number of hydrogen-bond acceptors (Lipinski definition) is 2. The van der Waals surface area contributed by atoms with E-state index in [1.807, 2.05) is 0 Å². The van der Waals surface area contributed by atoms with Gasteiger partial charge in [-0.1, -0.05) is 24.3 Å². The molecule has 2 aromatic rings. The third-order valence-electron chi connectivity index (χ3n) is 2.99. The Morgan fingerprint density at radius 3 is 2.30 bits per heavy atom. The molecule has 1 amide bonds. The third-order valence-corrected chi connectivity index (χ3v) is 2.99. The van der Waals surface area contributed by atoms with Gasteiger partial charge in [0.1, 0.15) is 17.2 Å². The maximum Gasteiger partial charge on any atom is 0.259 e. The summed E-state index contributed by atoms with van der Waals surface area (Å²) in [5.41, 5.74) is 6.48. The van der Waals surface area contributed by atoms with Gasteiger partial charge in [0, 0.05) is 19.3 Å². The lowest BCUT2D eigenvalue weighted by Crippen LogP contribution is -2.28. The molecule has 0 radical (unpaired) electrons. The van der Waals surface area contributed by atoms with Crippen LogP contribution in [-0.2, 0) is 6.54 Å². The average Bonchev–Trinajstić information content (AvgIpc) is 2.41. The lowest BCUT2D eigenvalue weighted by Gasteiger charge is -2.19. The molecule has 0 aliphatic heterocycles. The summed E-state index contributed by atoms with van der Waals surface area (Å²) < 4.78 is 27.1. The van der Waals surface area contributed by atoms with Crippen LogP contribution in [0.3, 0.4) is 0 Å². The summed E-state index contributed by atoms with van der Waals surface area (Å²) in [6, 6.07) is 10.4. The maximum atomic E-state index is 13.6. The van der Waals surface area contributed by atoms with Crippen molar-refractivity contribution in [3.05, 3.63) is 65.2 Å². The largest absolute Gasteiger partial charge is 0.398 e. The van der Waals surface area contributed by atoms with Crippen LogP contribution in [0.5, 0.6) is 0 Å². The Labute approximate surface area is 115 Å². The van der Waals surface area contributed by atoms with Gasteiger partial charge in [0.25, 0.3) is 5.91 Å². The van der Waals surface area contributed by atoms with Gasteiger partial charge in [0.2, 0.25) is 0 Å². The van der Waals surface area contributed by atoms with Crippen LogP contribution >= 0.6 is 0 Å². The second-order valence-electron chi connectivity index (χ2n) is 4.46. The fourth-order valence-corrected chi connectivity index (χ4v) is 1.90. The molecule has 2 N–H and O–H groups in total. The van der Waals surface area contributed by atoms with Crippen LogP contribution in [0.2, 0.25) is 0 Å². The monoisotopic (exact) mass is 276 g/mol. The first kappa shape index (κ1) is 14.0. The second kappa shape index (κ2) is 5.69. The molecule has 2 rings (SSSR count). The van der Waals surface area contributed by atoms with Crippen molar-refractivity contribution in [1.29, 1.82) is 0 Å². The van der Waals surface area contributed by atoms with Crippen LogP contribution in [-0.4, -0.2) is 17.9 Å². The Morgan fingerprint density at radius 1 is 1.10 bits per heavy atom. The molecule has 0 saturated heterocycles. The normalized spacial score (nSPS) is 10.3. The van der Waals surface area contributed by atoms with Crippen molar-refractivity contribution >= 4 is 11.6 Å². The standard InChI is InChI=1S/C15H14F2N2O/c1-19(9-10-5-2-3-8-13(10)18)15(20)14-11(16)6-4-7-12(14)17/h2-8H,9,18H2,1H3. The van der Waals surface area contributed by atoms with Crippen LogP contribution in [0.25, 0.3) is 0 Å². The molecule has 0 aliphatic rings. The first-order valence-corrected chi connectivity index (χ1v) is 6.03. The highest BCUT2D eigenvalue weighted by Crippen LogP contribution is 2.17. The van der Waals surface area contributed by atoms with E-state index in [2.05, 4.69) is 0 Å². The highest BCUT2D eigenvalue weighted by atomic mass is 19.1. The SMILES string of the molecule is CN(Cc1ccccc1N)C(=O)c1c(F)cccc1F. The number of benzene rings is 2. The molecule has 0 spiro atoms. The van der Waals surface area contributed by atoms with Crippen LogP contribution in [0.4, 0.5) is 14.5 Å². The summed E-state index contributed by atoms with van der Waals surface area (Å²) >= 11 is 0. The first-order valence-electron chi connectivity index (χ1n) is 6.03. The molecule has 3 nitrogen and oxygen atoms in total. The maximum absolute atomic E-state index is 13.6. The number of rotatable bonds is 3. The van der Waals surface area contributed by atoms with E-state index in [9.17, 15) is 13.6 Å². The highest BCUT2D eigenvalue weighted by molar-refractivity contribution is 5.94. The fourth-order valence-electron chi connectivity index (χ4n) is 1.90. The topological polar surface area (TPSA) is 46.3 Å². The van der Waals surface area contributed by atoms with Crippen molar-refractivity contribution in [2.45, 2.75) is 6.54 Å². The molecule has 0 atom stereocenters. The zero-order valence-electron chi connectivity index (χ0n) is 10.9. The van der Waals surface area contributed by atoms with Crippen LogP contribution in [0.15, 0.2) is 42.5 Å². The van der Waals surface area contributed by atoms with Gasteiger partial charge in [-0.15, -0.1) is 0 Å². The Kier molecular flexibility index (Phi) is 3.98. The lowest BCUT2D eigenvalue weighted by atomic mass is 10.1. The molecule has 0 heterocycles. The van der Waals surface area contributed by atoms with Gasteiger partial charge in [0.15, 0.2) is 0 Å². The number of carbonyl (C=O) groups is 1. The summed E-state index contributed by atoms with van der Waals surface area (Å²) in [5.74, 6) is -2.46. The van der Waals surface area contributed by atoms with E-state index >= 15 is 0 Å². The molecule has 0 unspecified atom stereocenters. The van der Waals surface area contributed by atoms with Crippen molar-refractivity contribution in [1.82, 2.24) is 4.90 Å². The minimum absolute atomic E-state index is 0.180. The van der Waals surface area contributed by atoms with Crippen molar-refractivity contribution in [3.8, 4) is 0 Å². The fraction of sp³-hybridized carbons (Fsp3) is 0.133. The predicted octanol–water partition coefficient (Wildman–Crippen LogP) is 2.82. The van der Waals surface area contributed by atoms with Gasteiger partial charge < -0.3 is 10.6 Å². The molecule has 20 heavy (non-hydrogen) atoms. The molecule has 0 bridgehead atoms. The summed E-state index contributed by atoms with van der Waals surface area (Å²) in [6.07, 6.45) is 0. The van der Waals surface area contributed by atoms with Crippen molar-refractivity contribution in [3.63, 3.8) is 0 Å². The molecular formula is C15H14F2N2O. The van der Waals surface area contributed by atoms with E-state index in [4.69, 9.17) is 5.73 Å². The first-order chi connectivity index (χ1) is 9.50. The molecule has 104 valence electrons. The summed E-state index contributed by atoms with van der Waals surface area (Å²) in [7, 11) is 1.47. The van der Waals surface area contributed by atoms with Crippen molar-refractivity contribution < 1.29 is 13.6 Å². The number of carbonyl (C=O) groups excluding carboxylic acids is 1. The zero-order chi connectivity index (χ0) is 14.7. The molecule has 0 saturated carbocycles. The summed E-state index contributed by atoms with van der Waals surface area (Å²) in [4.78, 5) is 13.3. The Hall–Kier alpha value is -2.43. The van der Waals surface area contributed by atoms with Gasteiger partial charge in [-0.25, -0.2) is 8.78 Å². The number of amides is 1. The zero-order valence-corrected chi connectivity index (χ0v) is 10.9. The second-order valence-corrected chi connectivity index (χ2v) is 4.46. The third kappa shape index (κ3) is 2.77. The van der Waals surface area contributed by atoms with Gasteiger partial charge >= 0.3 is 0 Å². The minimum atomic E-state index is -0.872. The van der Waals surface area contributed by atoms with E-state index in [0.717, 1.165) is 17.7 Å². The lowest BCUT2D eigenvalue weighted by molar-refractivity contribution is 0.0775. The van der Waals surface area contributed by atoms with E-state index in [0.29, 0.717) is 5.69 Å². The predicted molar refractivity (Wildman–Crippen MR) is 73.0 cm³/mol. The average molecular weight is 276 g/mol. The van der Waals surface area contributed by atoms with Crippen molar-refractivity contribution in [2.75, 3.05) is 12.8 Å². The molecule has 2 aromatic carbocycles. The molecule has 5 heteroatoms. The number of para-hydroxylation sites is 1. The van der Waals surface area contributed by atoms with Crippen molar-refractivity contribution in [2.24, 2.45) is 0 Å². The molecule has 0 fully saturated rings. The van der Waals surface area contributed by atoms with Crippen LogP contribution in [0.1, 0.15) is 15.9 Å². The van der Waals surface area contributed by atoms with Crippen LogP contribution < -0.4 is 5.73 Å². The highest BCUT2D eigenvalue weighted by Gasteiger charge is 2.20. The van der Waals surface area contributed by atoms with E-state index < -0.39 is 23.1 Å². The number of nitrogens with two attached hydrogens (primary N) is 1. The smallest absolute Gasteiger partial charge is 0.259 e. The van der Waals surface area contributed by atoms with Gasteiger partial charge in [0.05, 0.1) is 0 Å². The Morgan fingerprint density at radius 2 is 1.70 bits per heavy atom. The number of halogens is 2. The Bertz CT molecular complexity index is 623. The minimum Gasteiger partial charge on any atom is -0.398 e.